The van der Waals surface area contributed by atoms with Crippen LogP contribution in [0.2, 0.25) is 0 Å². The highest BCUT2D eigenvalue weighted by atomic mass is 32.2. The first-order valence-corrected chi connectivity index (χ1v) is 11.0. The molecule has 1 saturated heterocycles. The summed E-state index contributed by atoms with van der Waals surface area (Å²) in [5, 5.41) is 4.50. The summed E-state index contributed by atoms with van der Waals surface area (Å²) < 4.78 is 0. The van der Waals surface area contributed by atoms with Crippen LogP contribution in [-0.2, 0) is 9.59 Å². The number of carbonyl (C=O) groups is 3. The molecule has 3 amide bonds. The zero-order chi connectivity index (χ0) is 22.7. The molecule has 0 atom stereocenters. The molecule has 162 valence electrons. The van der Waals surface area contributed by atoms with Gasteiger partial charge in [0.2, 0.25) is 5.91 Å². The van der Waals surface area contributed by atoms with Crippen molar-refractivity contribution in [2.75, 3.05) is 30.9 Å². The van der Waals surface area contributed by atoms with Crippen LogP contribution in [0.4, 0.5) is 16.2 Å². The van der Waals surface area contributed by atoms with E-state index in [0.717, 1.165) is 38.7 Å². The van der Waals surface area contributed by atoms with E-state index >= 15 is 0 Å². The summed E-state index contributed by atoms with van der Waals surface area (Å²) in [6.45, 7) is 0.0399. The number of thioether (sulfide) groups is 1. The number of imide groups is 1. The number of hydrogen-bond donors (Lipinski definition) is 1. The number of anilines is 2. The van der Waals surface area contributed by atoms with Crippen LogP contribution in [0, 0.1) is 0 Å². The number of rotatable bonds is 6. The first-order chi connectivity index (χ1) is 15.4. The lowest BCUT2D eigenvalue weighted by atomic mass is 10.1. The average Bonchev–Trinajstić information content (AvgIpc) is 3.05. The number of carbonyl (C=O) groups excluding carboxylic acids is 3. The standard InChI is InChI=1S/C25H23N3O3S/c1-27(2)19-12-10-17(11-13-19)16-22-24(30)28(25(31)32-22)15-14-23(29)26-21-9-5-7-18-6-3-4-8-20(18)21/h3-13,16H,14-15H2,1-2H3,(H,26,29)/b22-16+. The van der Waals surface area contributed by atoms with E-state index in [-0.39, 0.29) is 30.0 Å². The van der Waals surface area contributed by atoms with Crippen LogP contribution in [0.15, 0.2) is 71.6 Å². The Morgan fingerprint density at radius 2 is 1.72 bits per heavy atom. The maximum atomic E-state index is 12.7. The lowest BCUT2D eigenvalue weighted by Crippen LogP contribution is -2.31. The molecule has 0 radical (unpaired) electrons. The second-order valence-corrected chi connectivity index (χ2v) is 8.64. The number of nitrogens with one attached hydrogen (secondary N) is 1. The molecule has 0 bridgehead atoms. The van der Waals surface area contributed by atoms with Crippen molar-refractivity contribution in [2.24, 2.45) is 0 Å². The molecule has 6 nitrogen and oxygen atoms in total. The van der Waals surface area contributed by atoms with Gasteiger partial charge in [-0.2, -0.15) is 0 Å². The van der Waals surface area contributed by atoms with Gasteiger partial charge in [0.15, 0.2) is 0 Å². The Morgan fingerprint density at radius 3 is 2.47 bits per heavy atom. The summed E-state index contributed by atoms with van der Waals surface area (Å²) in [5.41, 5.74) is 2.60. The Labute approximate surface area is 190 Å². The Bertz CT molecular complexity index is 1210. The van der Waals surface area contributed by atoms with Gasteiger partial charge in [0.25, 0.3) is 11.1 Å². The number of hydrogen-bond acceptors (Lipinski definition) is 5. The van der Waals surface area contributed by atoms with Crippen molar-refractivity contribution in [1.29, 1.82) is 0 Å². The molecule has 1 fully saturated rings. The van der Waals surface area contributed by atoms with Gasteiger partial charge in [-0.25, -0.2) is 0 Å². The van der Waals surface area contributed by atoms with Gasteiger partial charge in [0, 0.05) is 43.8 Å². The summed E-state index contributed by atoms with van der Waals surface area (Å²) in [4.78, 5) is 41.1. The van der Waals surface area contributed by atoms with E-state index in [9.17, 15) is 14.4 Å². The molecule has 7 heteroatoms. The predicted octanol–water partition coefficient (Wildman–Crippen LogP) is 4.97. The Kier molecular flexibility index (Phi) is 6.28. The lowest BCUT2D eigenvalue weighted by Gasteiger charge is -2.13. The van der Waals surface area contributed by atoms with Gasteiger partial charge >= 0.3 is 0 Å². The Balaban J connectivity index is 1.39. The van der Waals surface area contributed by atoms with Crippen LogP contribution in [0.5, 0.6) is 0 Å². The highest BCUT2D eigenvalue weighted by Gasteiger charge is 2.35. The van der Waals surface area contributed by atoms with E-state index < -0.39 is 0 Å². The fourth-order valence-corrected chi connectivity index (χ4v) is 4.34. The first-order valence-electron chi connectivity index (χ1n) is 10.2. The SMILES string of the molecule is CN(C)c1ccc(/C=C2/SC(=O)N(CCC(=O)Nc3cccc4ccccc34)C2=O)cc1. The largest absolute Gasteiger partial charge is 0.378 e. The van der Waals surface area contributed by atoms with Gasteiger partial charge in [-0.3, -0.25) is 19.3 Å². The minimum atomic E-state index is -0.366. The van der Waals surface area contributed by atoms with Crippen LogP contribution in [0.25, 0.3) is 16.8 Å². The highest BCUT2D eigenvalue weighted by Crippen LogP contribution is 2.32. The quantitative estimate of drug-likeness (QED) is 0.543. The predicted molar refractivity (Wildman–Crippen MR) is 131 cm³/mol. The van der Waals surface area contributed by atoms with Crippen LogP contribution >= 0.6 is 11.8 Å². The summed E-state index contributed by atoms with van der Waals surface area (Å²) >= 11 is 0.901. The van der Waals surface area contributed by atoms with Crippen molar-refractivity contribution in [3.05, 3.63) is 77.2 Å². The molecule has 0 aromatic heterocycles. The van der Waals surface area contributed by atoms with E-state index in [1.807, 2.05) is 85.7 Å². The molecule has 0 spiro atoms. The van der Waals surface area contributed by atoms with E-state index in [4.69, 9.17) is 0 Å². The van der Waals surface area contributed by atoms with Crippen LogP contribution in [-0.4, -0.2) is 42.6 Å². The minimum absolute atomic E-state index is 0.0338. The summed E-state index contributed by atoms with van der Waals surface area (Å²) in [7, 11) is 3.91. The second kappa shape index (κ2) is 9.28. The van der Waals surface area contributed by atoms with Crippen molar-refractivity contribution >= 4 is 57.0 Å². The normalized spacial score (nSPS) is 14.9. The molecule has 0 unspecified atom stereocenters. The van der Waals surface area contributed by atoms with Crippen LogP contribution in [0.1, 0.15) is 12.0 Å². The maximum absolute atomic E-state index is 12.7. The molecule has 1 aliphatic rings. The molecule has 32 heavy (non-hydrogen) atoms. The summed E-state index contributed by atoms with van der Waals surface area (Å²) in [5.74, 6) is -0.613. The summed E-state index contributed by atoms with van der Waals surface area (Å²) in [6, 6.07) is 21.2. The van der Waals surface area contributed by atoms with Crippen LogP contribution in [0.3, 0.4) is 0 Å². The van der Waals surface area contributed by atoms with Crippen molar-refractivity contribution in [2.45, 2.75) is 6.42 Å². The van der Waals surface area contributed by atoms with E-state index in [1.165, 1.54) is 0 Å². The minimum Gasteiger partial charge on any atom is -0.378 e. The van der Waals surface area contributed by atoms with Crippen molar-refractivity contribution in [1.82, 2.24) is 4.90 Å². The van der Waals surface area contributed by atoms with E-state index in [0.29, 0.717) is 10.6 Å². The fraction of sp³-hybridized carbons (Fsp3) is 0.160. The molecule has 1 N–H and O–H groups in total. The molecule has 1 heterocycles. The first kappa shape index (κ1) is 21.6. The van der Waals surface area contributed by atoms with Crippen molar-refractivity contribution < 1.29 is 14.4 Å². The number of benzene rings is 3. The number of amides is 3. The van der Waals surface area contributed by atoms with Crippen molar-refractivity contribution in [3.63, 3.8) is 0 Å². The zero-order valence-corrected chi connectivity index (χ0v) is 18.7. The van der Waals surface area contributed by atoms with Crippen molar-refractivity contribution in [3.8, 4) is 0 Å². The fourth-order valence-electron chi connectivity index (χ4n) is 3.47. The van der Waals surface area contributed by atoms with Gasteiger partial charge in [0.05, 0.1) is 4.91 Å². The van der Waals surface area contributed by atoms with E-state index in [2.05, 4.69) is 5.32 Å². The van der Waals surface area contributed by atoms with Gasteiger partial charge in [-0.15, -0.1) is 0 Å². The van der Waals surface area contributed by atoms with Crippen LogP contribution < -0.4 is 10.2 Å². The molecule has 3 aromatic rings. The van der Waals surface area contributed by atoms with Gasteiger partial charge < -0.3 is 10.2 Å². The van der Waals surface area contributed by atoms with Gasteiger partial charge in [-0.05, 0) is 47.0 Å². The molecule has 3 aromatic carbocycles. The third kappa shape index (κ3) is 4.68. The monoisotopic (exact) mass is 445 g/mol. The van der Waals surface area contributed by atoms with Gasteiger partial charge in [-0.1, -0.05) is 48.5 Å². The molecule has 1 aliphatic heterocycles. The molecular weight excluding hydrogens is 422 g/mol. The lowest BCUT2D eigenvalue weighted by molar-refractivity contribution is -0.123. The van der Waals surface area contributed by atoms with Gasteiger partial charge in [0.1, 0.15) is 0 Å². The zero-order valence-electron chi connectivity index (χ0n) is 17.9. The summed E-state index contributed by atoms with van der Waals surface area (Å²) in [6.07, 6.45) is 1.74. The number of nitrogens with zero attached hydrogens (tertiary/aromatic N) is 2. The van der Waals surface area contributed by atoms with E-state index in [1.54, 1.807) is 6.08 Å². The average molecular weight is 446 g/mol. The maximum Gasteiger partial charge on any atom is 0.293 e. The second-order valence-electron chi connectivity index (χ2n) is 7.64. The smallest absolute Gasteiger partial charge is 0.293 e. The Morgan fingerprint density at radius 1 is 1.00 bits per heavy atom. The number of fused-ring (bicyclic) bond motifs is 1. The Hall–Kier alpha value is -3.58. The third-order valence-corrected chi connectivity index (χ3v) is 6.11. The molecular formula is C25H23N3O3S. The molecule has 4 rings (SSSR count). The highest BCUT2D eigenvalue weighted by molar-refractivity contribution is 8.18. The third-order valence-electron chi connectivity index (χ3n) is 5.21. The topological polar surface area (TPSA) is 69.7 Å². The molecule has 0 saturated carbocycles. The molecule has 0 aliphatic carbocycles.